The van der Waals surface area contributed by atoms with E-state index in [1.165, 1.54) is 36.9 Å². The topological polar surface area (TPSA) is 48.3 Å². The fourth-order valence-corrected chi connectivity index (χ4v) is 6.26. The van der Waals surface area contributed by atoms with Crippen molar-refractivity contribution in [1.29, 1.82) is 0 Å². The largest absolute Gasteiger partial charge is 0.383 e. The lowest BCUT2D eigenvalue weighted by Gasteiger charge is -2.20. The molecule has 0 bridgehead atoms. The SMILES string of the molecule is COCCn1c(=O)c2c3ccc4ccc5ccc6ccc7ccc(c2c1=O)c1c7c6c5c4c31. The third kappa shape index (κ3) is 1.85. The molecule has 33 heavy (non-hydrogen) atoms. The number of benzene rings is 7. The van der Waals surface area contributed by atoms with Gasteiger partial charge in [0, 0.05) is 7.11 Å². The molecule has 8 aromatic rings. The van der Waals surface area contributed by atoms with Crippen molar-refractivity contribution in [1.82, 2.24) is 4.57 Å². The van der Waals surface area contributed by atoms with E-state index in [2.05, 4.69) is 48.5 Å². The van der Waals surface area contributed by atoms with Crippen molar-refractivity contribution < 1.29 is 4.74 Å². The predicted octanol–water partition coefficient (Wildman–Crippen LogP) is 5.68. The predicted molar refractivity (Wildman–Crippen MR) is 136 cm³/mol. The van der Waals surface area contributed by atoms with Gasteiger partial charge in [0.2, 0.25) is 0 Å². The molecule has 0 N–H and O–H groups in total. The second-order valence-electron chi connectivity index (χ2n) is 9.07. The Hall–Kier alpha value is -4.02. The van der Waals surface area contributed by atoms with Crippen LogP contribution < -0.4 is 11.1 Å². The number of methoxy groups -OCH3 is 1. The van der Waals surface area contributed by atoms with Gasteiger partial charge in [-0.25, -0.2) is 0 Å². The lowest BCUT2D eigenvalue weighted by Crippen LogP contribution is -2.27. The minimum absolute atomic E-state index is 0.224. The van der Waals surface area contributed by atoms with Gasteiger partial charge in [0.25, 0.3) is 11.1 Å². The van der Waals surface area contributed by atoms with Crippen LogP contribution in [0.3, 0.4) is 0 Å². The summed E-state index contributed by atoms with van der Waals surface area (Å²) in [6, 6.07) is 21.3. The van der Waals surface area contributed by atoms with E-state index >= 15 is 0 Å². The van der Waals surface area contributed by atoms with Gasteiger partial charge >= 0.3 is 0 Å². The zero-order valence-corrected chi connectivity index (χ0v) is 17.9. The molecule has 0 spiro atoms. The second kappa shape index (κ2) is 5.66. The Bertz CT molecular complexity index is 1990. The maximum atomic E-state index is 13.6. The summed E-state index contributed by atoms with van der Waals surface area (Å²) in [5.74, 6) is 0. The Kier molecular flexibility index (Phi) is 3.01. The third-order valence-electron chi connectivity index (χ3n) is 7.61. The molecule has 0 unspecified atom stereocenters. The summed E-state index contributed by atoms with van der Waals surface area (Å²) in [7, 11) is 1.58. The van der Waals surface area contributed by atoms with Gasteiger partial charge < -0.3 is 4.74 Å². The summed E-state index contributed by atoms with van der Waals surface area (Å²) in [4.78, 5) is 27.1. The summed E-state index contributed by atoms with van der Waals surface area (Å²) in [5, 5.41) is 14.6. The van der Waals surface area contributed by atoms with Crippen LogP contribution >= 0.6 is 0 Å². The average Bonchev–Trinajstić information content (AvgIpc) is 3.10. The first-order chi connectivity index (χ1) is 16.2. The highest BCUT2D eigenvalue weighted by Crippen LogP contribution is 2.49. The Morgan fingerprint density at radius 3 is 1.30 bits per heavy atom. The summed E-state index contributed by atoms with van der Waals surface area (Å²) < 4.78 is 6.52. The first-order valence-corrected chi connectivity index (χ1v) is 11.2. The number of ether oxygens (including phenoxy) is 1. The van der Waals surface area contributed by atoms with E-state index < -0.39 is 0 Å². The molecule has 0 aliphatic heterocycles. The van der Waals surface area contributed by atoms with Crippen LogP contribution in [0.4, 0.5) is 0 Å². The van der Waals surface area contributed by atoms with Crippen molar-refractivity contribution in [3.8, 4) is 0 Å². The van der Waals surface area contributed by atoms with Gasteiger partial charge in [0.1, 0.15) is 0 Å². The van der Waals surface area contributed by atoms with E-state index in [1.807, 2.05) is 12.1 Å². The summed E-state index contributed by atoms with van der Waals surface area (Å²) in [6.07, 6.45) is 0. The molecule has 0 fully saturated rings. The molecule has 7 aromatic carbocycles. The number of rotatable bonds is 3. The molecule has 0 radical (unpaired) electrons. The summed E-state index contributed by atoms with van der Waals surface area (Å²) >= 11 is 0. The van der Waals surface area contributed by atoms with Crippen LogP contribution in [-0.4, -0.2) is 18.3 Å². The van der Waals surface area contributed by atoms with Crippen molar-refractivity contribution in [3.05, 3.63) is 81.4 Å². The van der Waals surface area contributed by atoms with Gasteiger partial charge in [0.15, 0.2) is 0 Å². The van der Waals surface area contributed by atoms with Crippen molar-refractivity contribution >= 4 is 75.4 Å². The highest BCUT2D eigenvalue weighted by atomic mass is 16.5. The Balaban J connectivity index is 1.81. The molecule has 156 valence electrons. The van der Waals surface area contributed by atoms with E-state index in [1.54, 1.807) is 7.11 Å². The summed E-state index contributed by atoms with van der Waals surface area (Å²) in [5.41, 5.74) is -0.449. The Morgan fingerprint density at radius 2 is 0.909 bits per heavy atom. The molecular formula is C29H17NO3. The Labute approximate surface area is 186 Å². The minimum atomic E-state index is -0.224. The van der Waals surface area contributed by atoms with Crippen LogP contribution in [0, 0.1) is 0 Å². The zero-order valence-electron chi connectivity index (χ0n) is 17.9. The van der Waals surface area contributed by atoms with Gasteiger partial charge in [-0.3, -0.25) is 14.2 Å². The molecule has 0 amide bonds. The lowest BCUT2D eigenvalue weighted by molar-refractivity contribution is 0.186. The number of hydrogen-bond acceptors (Lipinski definition) is 3. The highest BCUT2D eigenvalue weighted by Gasteiger charge is 2.25. The van der Waals surface area contributed by atoms with E-state index in [-0.39, 0.29) is 17.7 Å². The molecule has 0 saturated carbocycles. The van der Waals surface area contributed by atoms with Crippen LogP contribution in [-0.2, 0) is 11.3 Å². The molecule has 1 aromatic heterocycles. The van der Waals surface area contributed by atoms with Crippen LogP contribution in [0.1, 0.15) is 0 Å². The smallest absolute Gasteiger partial charge is 0.262 e. The van der Waals surface area contributed by atoms with Crippen LogP contribution in [0.25, 0.3) is 75.4 Å². The van der Waals surface area contributed by atoms with Gasteiger partial charge in [-0.2, -0.15) is 0 Å². The summed E-state index contributed by atoms with van der Waals surface area (Å²) in [6.45, 7) is 0.571. The van der Waals surface area contributed by atoms with Crippen molar-refractivity contribution in [2.75, 3.05) is 13.7 Å². The number of nitrogens with zero attached hydrogens (tertiary/aromatic N) is 1. The molecule has 1 heterocycles. The number of fused-ring (bicyclic) bond motifs is 3. The van der Waals surface area contributed by atoms with E-state index in [4.69, 9.17) is 4.74 Å². The fourth-order valence-electron chi connectivity index (χ4n) is 6.26. The molecular weight excluding hydrogens is 410 g/mol. The molecule has 0 aliphatic carbocycles. The molecule has 4 nitrogen and oxygen atoms in total. The van der Waals surface area contributed by atoms with Gasteiger partial charge in [-0.15, -0.1) is 0 Å². The number of hydrogen-bond donors (Lipinski definition) is 0. The minimum Gasteiger partial charge on any atom is -0.383 e. The van der Waals surface area contributed by atoms with Crippen molar-refractivity contribution in [2.45, 2.75) is 6.54 Å². The van der Waals surface area contributed by atoms with Gasteiger partial charge in [-0.1, -0.05) is 60.7 Å². The molecule has 4 heteroatoms. The fraction of sp³-hybridized carbons (Fsp3) is 0.103. The quantitative estimate of drug-likeness (QED) is 0.269. The monoisotopic (exact) mass is 427 g/mol. The van der Waals surface area contributed by atoms with Crippen LogP contribution in [0.2, 0.25) is 0 Å². The average molecular weight is 427 g/mol. The van der Waals surface area contributed by atoms with Crippen LogP contribution in [0.5, 0.6) is 0 Å². The first-order valence-electron chi connectivity index (χ1n) is 11.2. The maximum Gasteiger partial charge on any atom is 0.262 e. The molecule has 0 aliphatic rings. The molecule has 8 rings (SSSR count). The number of aromatic nitrogens is 1. The van der Waals surface area contributed by atoms with Gasteiger partial charge in [-0.05, 0) is 64.6 Å². The van der Waals surface area contributed by atoms with Crippen LogP contribution in [0.15, 0.2) is 70.3 Å². The highest BCUT2D eigenvalue weighted by molar-refractivity contribution is 6.47. The van der Waals surface area contributed by atoms with E-state index in [0.29, 0.717) is 17.4 Å². The van der Waals surface area contributed by atoms with E-state index in [0.717, 1.165) is 32.3 Å². The maximum absolute atomic E-state index is 13.6. The Morgan fingerprint density at radius 1 is 0.545 bits per heavy atom. The van der Waals surface area contributed by atoms with E-state index in [9.17, 15) is 9.59 Å². The third-order valence-corrected chi connectivity index (χ3v) is 7.61. The second-order valence-corrected chi connectivity index (χ2v) is 9.07. The van der Waals surface area contributed by atoms with Gasteiger partial charge in [0.05, 0.1) is 23.9 Å². The standard InChI is InChI=1S/C29H17NO3/c1-33-13-12-30-28(31)26-18-10-8-16-6-4-14-2-3-15-5-7-17-9-11-19(27(26)29(30)32)25-23(17)21(15)20(14)22(16)24(18)25/h2-11H,12-13H2,1H3. The normalized spacial score (nSPS) is 13.0. The lowest BCUT2D eigenvalue weighted by atomic mass is 9.81. The van der Waals surface area contributed by atoms with Crippen molar-refractivity contribution in [2.24, 2.45) is 0 Å². The first kappa shape index (κ1) is 17.5. The molecule has 0 saturated heterocycles. The zero-order chi connectivity index (χ0) is 22.0. The van der Waals surface area contributed by atoms with Crippen molar-refractivity contribution in [3.63, 3.8) is 0 Å². The molecule has 0 atom stereocenters.